The van der Waals surface area contributed by atoms with Crippen LogP contribution in [0.1, 0.15) is 16.1 Å². The fraction of sp³-hybridized carbons (Fsp3) is 0.167. The van der Waals surface area contributed by atoms with Gasteiger partial charge in [0.25, 0.3) is 0 Å². The lowest BCUT2D eigenvalue weighted by atomic mass is 10.2. The summed E-state index contributed by atoms with van der Waals surface area (Å²) in [5.41, 5.74) is 2.71. The molecule has 2 rings (SSSR count). The number of carboxylic acids is 1. The Hall–Kier alpha value is -2.08. The smallest absolute Gasteiger partial charge is 0.335 e. The number of methoxy groups -OCH3 is 1. The molecule has 0 unspecified atom stereocenters. The lowest BCUT2D eigenvalue weighted by molar-refractivity contribution is 0.0696. The summed E-state index contributed by atoms with van der Waals surface area (Å²) in [5.74, 6) is -0.111. The molecule has 2 aromatic rings. The Balaban J connectivity index is 2.14. The predicted octanol–water partition coefficient (Wildman–Crippen LogP) is 2.43. The molecule has 0 bridgehead atoms. The molecule has 0 radical (unpaired) electrons. The van der Waals surface area contributed by atoms with Crippen LogP contribution < -0.4 is 9.47 Å². The molecule has 0 fully saturated rings. The van der Waals surface area contributed by atoms with Crippen molar-refractivity contribution in [3.8, 4) is 11.5 Å². The van der Waals surface area contributed by atoms with Crippen LogP contribution in [0.25, 0.3) is 0 Å². The number of aromatic nitrogens is 1. The van der Waals surface area contributed by atoms with Crippen molar-refractivity contribution in [1.82, 2.24) is 4.98 Å². The van der Waals surface area contributed by atoms with E-state index in [0.29, 0.717) is 18.1 Å². The Bertz CT molecular complexity index is 539. The molecular weight excluding hydrogens is 254 g/mol. The zero-order valence-electron chi connectivity index (χ0n) is 9.62. The molecule has 6 heteroatoms. The van der Waals surface area contributed by atoms with Crippen LogP contribution in [0.3, 0.4) is 0 Å². The van der Waals surface area contributed by atoms with Gasteiger partial charge in [-0.3, -0.25) is 0 Å². The molecule has 0 aliphatic heterocycles. The van der Waals surface area contributed by atoms with Crippen LogP contribution in [-0.4, -0.2) is 23.2 Å². The van der Waals surface area contributed by atoms with E-state index < -0.39 is 5.97 Å². The molecule has 18 heavy (non-hydrogen) atoms. The molecule has 0 amide bonds. The van der Waals surface area contributed by atoms with Crippen LogP contribution in [-0.2, 0) is 6.61 Å². The Morgan fingerprint density at radius 2 is 2.28 bits per heavy atom. The average Bonchev–Trinajstić information content (AvgIpc) is 2.89. The van der Waals surface area contributed by atoms with Crippen molar-refractivity contribution in [3.63, 3.8) is 0 Å². The summed E-state index contributed by atoms with van der Waals surface area (Å²) in [7, 11) is 1.47. The van der Waals surface area contributed by atoms with Gasteiger partial charge in [0.1, 0.15) is 6.61 Å². The van der Waals surface area contributed by atoms with Gasteiger partial charge in [-0.05, 0) is 18.2 Å². The van der Waals surface area contributed by atoms with E-state index in [9.17, 15) is 4.79 Å². The summed E-state index contributed by atoms with van der Waals surface area (Å²) in [6, 6.07) is 4.48. The van der Waals surface area contributed by atoms with Gasteiger partial charge < -0.3 is 14.6 Å². The van der Waals surface area contributed by atoms with E-state index in [1.54, 1.807) is 11.6 Å². The maximum Gasteiger partial charge on any atom is 0.335 e. The normalized spacial score (nSPS) is 10.1. The van der Waals surface area contributed by atoms with Gasteiger partial charge in [-0.1, -0.05) is 0 Å². The van der Waals surface area contributed by atoms with E-state index >= 15 is 0 Å². The number of hydrogen-bond acceptors (Lipinski definition) is 5. The molecule has 1 aromatic heterocycles. The van der Waals surface area contributed by atoms with Crippen LogP contribution in [0.15, 0.2) is 29.1 Å². The number of hydrogen-bond donors (Lipinski definition) is 1. The van der Waals surface area contributed by atoms with Crippen molar-refractivity contribution < 1.29 is 19.4 Å². The number of carbonyl (C=O) groups is 1. The summed E-state index contributed by atoms with van der Waals surface area (Å²) in [5, 5.41) is 10.8. The number of rotatable bonds is 5. The lowest BCUT2D eigenvalue weighted by Crippen LogP contribution is -2.01. The number of ether oxygens (including phenoxy) is 2. The van der Waals surface area contributed by atoms with E-state index in [4.69, 9.17) is 14.6 Å². The third kappa shape index (κ3) is 2.78. The second-order valence-electron chi connectivity index (χ2n) is 3.44. The zero-order valence-corrected chi connectivity index (χ0v) is 10.4. The van der Waals surface area contributed by atoms with Gasteiger partial charge in [-0.25, -0.2) is 9.78 Å². The summed E-state index contributed by atoms with van der Waals surface area (Å²) >= 11 is 1.49. The Morgan fingerprint density at radius 1 is 1.44 bits per heavy atom. The summed E-state index contributed by atoms with van der Waals surface area (Å²) in [4.78, 5) is 14.9. The van der Waals surface area contributed by atoms with E-state index in [-0.39, 0.29) is 5.56 Å². The zero-order chi connectivity index (χ0) is 13.0. The Labute approximate surface area is 108 Å². The minimum atomic E-state index is -1.00. The first-order valence-corrected chi connectivity index (χ1v) is 6.06. The van der Waals surface area contributed by atoms with Crippen molar-refractivity contribution in [3.05, 3.63) is 40.3 Å². The molecule has 1 heterocycles. The molecule has 94 valence electrons. The average molecular weight is 265 g/mol. The third-order valence-corrected chi connectivity index (χ3v) is 2.90. The molecule has 5 nitrogen and oxygen atoms in total. The van der Waals surface area contributed by atoms with Crippen LogP contribution in [0.5, 0.6) is 11.5 Å². The highest BCUT2D eigenvalue weighted by molar-refractivity contribution is 7.07. The molecular formula is C12H11NO4S. The summed E-state index contributed by atoms with van der Waals surface area (Å²) in [6.07, 6.45) is 0. The topological polar surface area (TPSA) is 68.7 Å². The molecule has 1 N–H and O–H groups in total. The SMILES string of the molecule is COc1cc(C(=O)O)ccc1OCc1cscn1. The van der Waals surface area contributed by atoms with E-state index in [2.05, 4.69) is 4.98 Å². The second-order valence-corrected chi connectivity index (χ2v) is 4.16. The number of nitrogens with zero attached hydrogens (tertiary/aromatic N) is 1. The van der Waals surface area contributed by atoms with Gasteiger partial charge in [0, 0.05) is 5.38 Å². The second kappa shape index (κ2) is 5.50. The van der Waals surface area contributed by atoms with Gasteiger partial charge >= 0.3 is 5.97 Å². The van der Waals surface area contributed by atoms with E-state index in [1.807, 2.05) is 5.38 Å². The Morgan fingerprint density at radius 3 is 2.89 bits per heavy atom. The van der Waals surface area contributed by atoms with Crippen molar-refractivity contribution >= 4 is 17.3 Å². The molecule has 0 aliphatic carbocycles. The minimum absolute atomic E-state index is 0.160. The van der Waals surface area contributed by atoms with E-state index in [1.165, 1.54) is 30.6 Å². The molecule has 1 aromatic carbocycles. The quantitative estimate of drug-likeness (QED) is 0.899. The Kier molecular flexibility index (Phi) is 3.78. The van der Waals surface area contributed by atoms with Crippen LogP contribution in [0.4, 0.5) is 0 Å². The van der Waals surface area contributed by atoms with Crippen molar-refractivity contribution in [2.24, 2.45) is 0 Å². The molecule has 0 atom stereocenters. The highest BCUT2D eigenvalue weighted by atomic mass is 32.1. The highest BCUT2D eigenvalue weighted by Crippen LogP contribution is 2.28. The van der Waals surface area contributed by atoms with Gasteiger partial charge in [0.2, 0.25) is 0 Å². The first-order valence-electron chi connectivity index (χ1n) is 5.12. The predicted molar refractivity (Wildman–Crippen MR) is 66.4 cm³/mol. The lowest BCUT2D eigenvalue weighted by Gasteiger charge is -2.10. The highest BCUT2D eigenvalue weighted by Gasteiger charge is 2.10. The standard InChI is InChI=1S/C12H11NO4S/c1-16-11-4-8(12(14)15)2-3-10(11)17-5-9-6-18-7-13-9/h2-4,6-7H,5H2,1H3,(H,14,15). The first-order chi connectivity index (χ1) is 8.70. The van der Waals surface area contributed by atoms with Gasteiger partial charge in [0.15, 0.2) is 11.5 Å². The largest absolute Gasteiger partial charge is 0.493 e. The molecule has 0 saturated heterocycles. The van der Waals surface area contributed by atoms with Gasteiger partial charge in [-0.15, -0.1) is 11.3 Å². The molecule has 0 spiro atoms. The maximum atomic E-state index is 10.8. The first kappa shape index (κ1) is 12.4. The number of thiazole rings is 1. The van der Waals surface area contributed by atoms with Crippen LogP contribution in [0.2, 0.25) is 0 Å². The van der Waals surface area contributed by atoms with Crippen molar-refractivity contribution in [1.29, 1.82) is 0 Å². The number of aromatic carboxylic acids is 1. The molecule has 0 saturated carbocycles. The third-order valence-electron chi connectivity index (χ3n) is 2.27. The van der Waals surface area contributed by atoms with Gasteiger partial charge in [-0.2, -0.15) is 0 Å². The van der Waals surface area contributed by atoms with Crippen LogP contribution in [0, 0.1) is 0 Å². The van der Waals surface area contributed by atoms with Crippen molar-refractivity contribution in [2.75, 3.05) is 7.11 Å². The number of carboxylic acid groups (broad SMARTS) is 1. The number of benzene rings is 1. The fourth-order valence-electron chi connectivity index (χ4n) is 1.38. The van der Waals surface area contributed by atoms with Crippen LogP contribution >= 0.6 is 11.3 Å². The maximum absolute atomic E-state index is 10.8. The van der Waals surface area contributed by atoms with E-state index in [0.717, 1.165) is 5.69 Å². The fourth-order valence-corrected chi connectivity index (χ4v) is 1.92. The van der Waals surface area contributed by atoms with Crippen molar-refractivity contribution in [2.45, 2.75) is 6.61 Å². The summed E-state index contributed by atoms with van der Waals surface area (Å²) < 4.78 is 10.6. The monoisotopic (exact) mass is 265 g/mol. The summed E-state index contributed by atoms with van der Waals surface area (Å²) in [6.45, 7) is 0.326. The van der Waals surface area contributed by atoms with Gasteiger partial charge in [0.05, 0.1) is 23.9 Å². The molecule has 0 aliphatic rings. The minimum Gasteiger partial charge on any atom is -0.493 e.